The summed E-state index contributed by atoms with van der Waals surface area (Å²) in [6, 6.07) is 1.68. The highest BCUT2D eigenvalue weighted by atomic mass is 19.1. The molecule has 0 radical (unpaired) electrons. The monoisotopic (exact) mass is 135 g/mol. The summed E-state index contributed by atoms with van der Waals surface area (Å²) < 4.78 is 12.6. The topological polar surface area (TPSA) is 12.9 Å². The van der Waals surface area contributed by atoms with E-state index in [0.29, 0.717) is 0 Å². The summed E-state index contributed by atoms with van der Waals surface area (Å²) in [5.41, 5.74) is 0.998. The van der Waals surface area contributed by atoms with Crippen molar-refractivity contribution in [1.29, 1.82) is 0 Å². The Hall–Kier alpha value is -1.36. The van der Waals surface area contributed by atoms with E-state index >= 15 is 0 Å². The number of hydrogen-bond acceptors (Lipinski definition) is 1. The molecule has 1 nitrogen and oxygen atoms in total. The molecule has 1 aromatic heterocycles. The van der Waals surface area contributed by atoms with Gasteiger partial charge in [-0.1, -0.05) is 5.92 Å². The maximum absolute atomic E-state index is 12.6. The Labute approximate surface area is 58.9 Å². The van der Waals surface area contributed by atoms with Crippen LogP contribution in [0, 0.1) is 25.2 Å². The number of aromatic nitrogens is 1. The van der Waals surface area contributed by atoms with E-state index in [-0.39, 0.29) is 5.56 Å². The SMILES string of the molecule is C#Cc1c(C)ccnc1F. The van der Waals surface area contributed by atoms with Crippen molar-refractivity contribution in [3.63, 3.8) is 0 Å². The zero-order valence-corrected chi connectivity index (χ0v) is 5.56. The molecule has 0 aromatic carbocycles. The molecule has 0 saturated carbocycles. The summed E-state index contributed by atoms with van der Waals surface area (Å²) in [4.78, 5) is 3.40. The number of pyridine rings is 1. The fourth-order valence-electron chi connectivity index (χ4n) is 0.698. The van der Waals surface area contributed by atoms with E-state index < -0.39 is 5.95 Å². The second-order valence-corrected chi connectivity index (χ2v) is 1.94. The molecule has 1 rings (SSSR count). The molecule has 0 bridgehead atoms. The summed E-state index contributed by atoms with van der Waals surface area (Å²) in [5.74, 6) is 1.66. The fraction of sp³-hybridized carbons (Fsp3) is 0.125. The Kier molecular flexibility index (Phi) is 1.68. The van der Waals surface area contributed by atoms with Crippen molar-refractivity contribution in [2.45, 2.75) is 6.92 Å². The number of rotatable bonds is 0. The first-order valence-electron chi connectivity index (χ1n) is 2.83. The molecule has 0 aliphatic rings. The summed E-state index contributed by atoms with van der Waals surface area (Å²) in [7, 11) is 0. The van der Waals surface area contributed by atoms with Crippen LogP contribution in [-0.4, -0.2) is 4.98 Å². The van der Waals surface area contributed by atoms with Crippen LogP contribution < -0.4 is 0 Å². The first-order chi connectivity index (χ1) is 4.75. The van der Waals surface area contributed by atoms with Gasteiger partial charge in [-0.15, -0.1) is 6.42 Å². The minimum Gasteiger partial charge on any atom is -0.227 e. The fourth-order valence-corrected chi connectivity index (χ4v) is 0.698. The number of aryl methyl sites for hydroxylation is 1. The highest BCUT2D eigenvalue weighted by Gasteiger charge is 2.00. The van der Waals surface area contributed by atoms with E-state index in [1.54, 1.807) is 13.0 Å². The van der Waals surface area contributed by atoms with E-state index in [1.165, 1.54) is 6.20 Å². The molecule has 0 aliphatic carbocycles. The molecule has 10 heavy (non-hydrogen) atoms. The van der Waals surface area contributed by atoms with Crippen molar-refractivity contribution >= 4 is 0 Å². The van der Waals surface area contributed by atoms with Crippen LogP contribution in [0.2, 0.25) is 0 Å². The van der Waals surface area contributed by atoms with Gasteiger partial charge >= 0.3 is 0 Å². The zero-order valence-electron chi connectivity index (χ0n) is 5.56. The third-order valence-corrected chi connectivity index (χ3v) is 1.26. The van der Waals surface area contributed by atoms with Crippen molar-refractivity contribution in [3.05, 3.63) is 29.3 Å². The van der Waals surface area contributed by atoms with Gasteiger partial charge in [-0.3, -0.25) is 0 Å². The van der Waals surface area contributed by atoms with Crippen LogP contribution in [0.1, 0.15) is 11.1 Å². The second-order valence-electron chi connectivity index (χ2n) is 1.94. The molecule has 0 spiro atoms. The minimum absolute atomic E-state index is 0.252. The average molecular weight is 135 g/mol. The van der Waals surface area contributed by atoms with Crippen molar-refractivity contribution in [2.24, 2.45) is 0 Å². The lowest BCUT2D eigenvalue weighted by atomic mass is 10.2. The zero-order chi connectivity index (χ0) is 7.56. The van der Waals surface area contributed by atoms with Crippen molar-refractivity contribution in [1.82, 2.24) is 4.98 Å². The lowest BCUT2D eigenvalue weighted by Gasteiger charge is -1.95. The quantitative estimate of drug-likeness (QED) is 0.388. The van der Waals surface area contributed by atoms with Crippen LogP contribution in [0.25, 0.3) is 0 Å². The number of terminal acetylenes is 1. The molecule has 2 heteroatoms. The minimum atomic E-state index is -0.567. The first-order valence-corrected chi connectivity index (χ1v) is 2.83. The van der Waals surface area contributed by atoms with Crippen molar-refractivity contribution in [3.8, 4) is 12.3 Å². The molecule has 50 valence electrons. The van der Waals surface area contributed by atoms with E-state index in [1.807, 2.05) is 0 Å². The van der Waals surface area contributed by atoms with Crippen LogP contribution in [-0.2, 0) is 0 Å². The summed E-state index contributed by atoms with van der Waals surface area (Å²) in [5, 5.41) is 0. The Morgan fingerprint density at radius 1 is 1.70 bits per heavy atom. The molecule has 1 aromatic rings. The van der Waals surface area contributed by atoms with Gasteiger partial charge in [-0.05, 0) is 18.6 Å². The van der Waals surface area contributed by atoms with Gasteiger partial charge in [0.25, 0.3) is 0 Å². The first kappa shape index (κ1) is 6.76. The molecule has 0 atom stereocenters. The Balaban J connectivity index is 3.34. The van der Waals surface area contributed by atoms with Gasteiger partial charge in [0.15, 0.2) is 0 Å². The average Bonchev–Trinajstić information content (AvgIpc) is 1.88. The summed E-state index contributed by atoms with van der Waals surface area (Å²) in [6.45, 7) is 1.75. The van der Waals surface area contributed by atoms with Gasteiger partial charge in [-0.2, -0.15) is 4.39 Å². The summed E-state index contributed by atoms with van der Waals surface area (Å²) in [6.07, 6.45) is 6.42. The van der Waals surface area contributed by atoms with E-state index in [9.17, 15) is 4.39 Å². The highest BCUT2D eigenvalue weighted by molar-refractivity contribution is 5.37. The number of hydrogen-bond donors (Lipinski definition) is 0. The largest absolute Gasteiger partial charge is 0.228 e. The predicted octanol–water partition coefficient (Wildman–Crippen LogP) is 1.51. The van der Waals surface area contributed by atoms with E-state index in [2.05, 4.69) is 10.9 Å². The molecule has 1 heterocycles. The maximum atomic E-state index is 12.6. The molecular weight excluding hydrogens is 129 g/mol. The molecule has 0 unspecified atom stereocenters. The molecule has 0 fully saturated rings. The van der Waals surface area contributed by atoms with Crippen LogP contribution in [0.15, 0.2) is 12.3 Å². The Morgan fingerprint density at radius 2 is 2.40 bits per heavy atom. The third-order valence-electron chi connectivity index (χ3n) is 1.26. The van der Waals surface area contributed by atoms with Gasteiger partial charge in [0.1, 0.15) is 0 Å². The second kappa shape index (κ2) is 2.49. The number of halogens is 1. The van der Waals surface area contributed by atoms with Gasteiger partial charge in [0, 0.05) is 6.20 Å². The smallest absolute Gasteiger partial charge is 0.227 e. The normalized spacial score (nSPS) is 8.90. The van der Waals surface area contributed by atoms with Crippen LogP contribution in [0.5, 0.6) is 0 Å². The predicted molar refractivity (Wildman–Crippen MR) is 36.9 cm³/mol. The van der Waals surface area contributed by atoms with E-state index in [4.69, 9.17) is 6.42 Å². The molecule has 0 saturated heterocycles. The van der Waals surface area contributed by atoms with Crippen LogP contribution >= 0.6 is 0 Å². The van der Waals surface area contributed by atoms with E-state index in [0.717, 1.165) is 5.56 Å². The van der Waals surface area contributed by atoms with Gasteiger partial charge in [0.2, 0.25) is 5.95 Å². The van der Waals surface area contributed by atoms with Crippen molar-refractivity contribution in [2.75, 3.05) is 0 Å². The Morgan fingerprint density at radius 3 is 2.80 bits per heavy atom. The number of nitrogens with zero attached hydrogens (tertiary/aromatic N) is 1. The van der Waals surface area contributed by atoms with Crippen molar-refractivity contribution < 1.29 is 4.39 Å². The van der Waals surface area contributed by atoms with Crippen LogP contribution in [0.3, 0.4) is 0 Å². The molecule has 0 N–H and O–H groups in total. The van der Waals surface area contributed by atoms with Gasteiger partial charge in [0.05, 0.1) is 5.56 Å². The third kappa shape index (κ3) is 0.985. The molecule has 0 amide bonds. The highest BCUT2D eigenvalue weighted by Crippen LogP contribution is 2.06. The standard InChI is InChI=1S/C8H6FN/c1-3-7-6(2)4-5-10-8(7)9/h1,4-5H,2H3. The summed E-state index contributed by atoms with van der Waals surface area (Å²) >= 11 is 0. The Bertz CT molecular complexity index is 266. The maximum Gasteiger partial charge on any atom is 0.228 e. The lowest BCUT2D eigenvalue weighted by molar-refractivity contribution is 0.579. The molecule has 0 aliphatic heterocycles. The molecular formula is C8H6FN. The van der Waals surface area contributed by atoms with Gasteiger partial charge in [-0.25, -0.2) is 4.98 Å². The van der Waals surface area contributed by atoms with Crippen LogP contribution in [0.4, 0.5) is 4.39 Å². The van der Waals surface area contributed by atoms with Gasteiger partial charge < -0.3 is 0 Å². The lowest BCUT2D eigenvalue weighted by Crippen LogP contribution is -1.90.